The molecule has 0 fully saturated rings. The van der Waals surface area contributed by atoms with E-state index in [0.29, 0.717) is 0 Å². The quantitative estimate of drug-likeness (QED) is 0.339. The van der Waals surface area contributed by atoms with E-state index in [-0.39, 0.29) is 5.92 Å². The van der Waals surface area contributed by atoms with Crippen LogP contribution in [0.4, 0.5) is 0 Å². The topological polar surface area (TPSA) is 20.7 Å². The van der Waals surface area contributed by atoms with Crippen molar-refractivity contribution in [2.45, 2.75) is 33.6 Å². The summed E-state index contributed by atoms with van der Waals surface area (Å²) in [6, 6.07) is 24.3. The van der Waals surface area contributed by atoms with Gasteiger partial charge in [-0.1, -0.05) is 65.7 Å². The van der Waals surface area contributed by atoms with Crippen molar-refractivity contribution >= 4 is 21.8 Å². The Labute approximate surface area is 178 Å². The molecule has 5 aromatic rings. The molecule has 0 aliphatic heterocycles. The molecular formula is C28H28N2. The second kappa shape index (κ2) is 6.91. The molecule has 2 aromatic heterocycles. The lowest BCUT2D eigenvalue weighted by molar-refractivity contribution is 0.789. The Hall–Kier alpha value is -3.26. The number of rotatable bonds is 3. The average Bonchev–Trinajstić information content (AvgIpc) is 3.18. The summed E-state index contributed by atoms with van der Waals surface area (Å²) in [5, 5.41) is 2.64. The summed E-state index contributed by atoms with van der Waals surface area (Å²) < 4.78 is 2.39. The molecule has 3 aromatic carbocycles. The van der Waals surface area contributed by atoms with Crippen LogP contribution in [0, 0.1) is 27.7 Å². The Bertz CT molecular complexity index is 1340. The average molecular weight is 393 g/mol. The van der Waals surface area contributed by atoms with Gasteiger partial charge < -0.3 is 9.55 Å². The molecule has 0 saturated heterocycles. The molecule has 0 bridgehead atoms. The molecule has 1 atom stereocenters. The molecule has 5 rings (SSSR count). The van der Waals surface area contributed by atoms with Gasteiger partial charge in [0.2, 0.25) is 0 Å². The molecule has 0 saturated carbocycles. The highest BCUT2D eigenvalue weighted by molar-refractivity contribution is 5.87. The first-order valence-corrected chi connectivity index (χ1v) is 10.6. The second-order valence-corrected chi connectivity index (χ2v) is 8.65. The predicted octanol–water partition coefficient (Wildman–Crippen LogP) is 7.07. The highest BCUT2D eigenvalue weighted by Crippen LogP contribution is 2.40. The Kier molecular flexibility index (Phi) is 4.32. The van der Waals surface area contributed by atoms with Crippen LogP contribution in [0.25, 0.3) is 21.8 Å². The van der Waals surface area contributed by atoms with Gasteiger partial charge in [-0.05, 0) is 56.5 Å². The SMILES string of the molecule is Cc1cc(C)cc([C@@H](c2[nH]c3ccccc3c2C)c2c(C)c3ccccc3n2C)c1. The van der Waals surface area contributed by atoms with Crippen molar-refractivity contribution < 1.29 is 0 Å². The van der Waals surface area contributed by atoms with Gasteiger partial charge in [0.15, 0.2) is 0 Å². The molecule has 30 heavy (non-hydrogen) atoms. The fourth-order valence-corrected chi connectivity index (χ4v) is 5.24. The van der Waals surface area contributed by atoms with Crippen LogP contribution in [0.15, 0.2) is 66.7 Å². The van der Waals surface area contributed by atoms with Crippen LogP contribution in [-0.4, -0.2) is 9.55 Å². The maximum absolute atomic E-state index is 3.79. The molecule has 0 aliphatic carbocycles. The summed E-state index contributed by atoms with van der Waals surface area (Å²) in [6.45, 7) is 8.91. The lowest BCUT2D eigenvalue weighted by Crippen LogP contribution is -2.11. The number of hydrogen-bond acceptors (Lipinski definition) is 0. The second-order valence-electron chi connectivity index (χ2n) is 8.65. The highest BCUT2D eigenvalue weighted by Gasteiger charge is 2.27. The number of hydrogen-bond donors (Lipinski definition) is 1. The van der Waals surface area contributed by atoms with Crippen LogP contribution in [0.2, 0.25) is 0 Å². The number of nitrogens with zero attached hydrogens (tertiary/aromatic N) is 1. The molecule has 2 heteroatoms. The molecule has 150 valence electrons. The fourth-order valence-electron chi connectivity index (χ4n) is 5.24. The molecule has 2 heterocycles. The van der Waals surface area contributed by atoms with Gasteiger partial charge in [-0.25, -0.2) is 0 Å². The summed E-state index contributed by atoms with van der Waals surface area (Å²) in [7, 11) is 2.21. The van der Waals surface area contributed by atoms with Gasteiger partial charge in [0.25, 0.3) is 0 Å². The van der Waals surface area contributed by atoms with E-state index in [1.54, 1.807) is 0 Å². The number of H-pyrrole nitrogens is 1. The third-order valence-electron chi connectivity index (χ3n) is 6.56. The zero-order valence-electron chi connectivity index (χ0n) is 18.4. The first kappa shape index (κ1) is 18.7. The number of aromatic amines is 1. The van der Waals surface area contributed by atoms with Gasteiger partial charge in [0, 0.05) is 40.2 Å². The first-order valence-electron chi connectivity index (χ1n) is 10.6. The van der Waals surface area contributed by atoms with Crippen molar-refractivity contribution in [1.82, 2.24) is 9.55 Å². The lowest BCUT2D eigenvalue weighted by Gasteiger charge is -2.22. The van der Waals surface area contributed by atoms with E-state index in [4.69, 9.17) is 0 Å². The van der Waals surface area contributed by atoms with Crippen molar-refractivity contribution in [3.8, 4) is 0 Å². The van der Waals surface area contributed by atoms with Gasteiger partial charge in [-0.2, -0.15) is 0 Å². The third-order valence-corrected chi connectivity index (χ3v) is 6.56. The minimum atomic E-state index is 0.147. The maximum atomic E-state index is 3.79. The van der Waals surface area contributed by atoms with Crippen LogP contribution >= 0.6 is 0 Å². The first-order chi connectivity index (χ1) is 14.5. The van der Waals surface area contributed by atoms with Crippen molar-refractivity contribution in [2.75, 3.05) is 0 Å². The Morgan fingerprint density at radius 2 is 1.37 bits per heavy atom. The number of para-hydroxylation sites is 2. The molecule has 0 amide bonds. The van der Waals surface area contributed by atoms with E-state index in [0.717, 1.165) is 0 Å². The van der Waals surface area contributed by atoms with Crippen molar-refractivity contribution in [1.29, 1.82) is 0 Å². The van der Waals surface area contributed by atoms with E-state index in [1.165, 1.54) is 61.0 Å². The molecule has 0 unspecified atom stereocenters. The normalized spacial score (nSPS) is 12.7. The standard InChI is InChI=1S/C28H28N2/c1-17-14-18(2)16-21(15-17)26(27-19(3)22-10-6-8-12-24(22)29-27)28-20(4)23-11-7-9-13-25(23)30(28)5/h6-16,26,29H,1-5H3/t26-/m0/s1. The molecule has 0 aliphatic rings. The summed E-state index contributed by atoms with van der Waals surface area (Å²) in [6.07, 6.45) is 0. The van der Waals surface area contributed by atoms with Gasteiger partial charge in [0.1, 0.15) is 0 Å². The number of fused-ring (bicyclic) bond motifs is 2. The van der Waals surface area contributed by atoms with Gasteiger partial charge in [-0.3, -0.25) is 0 Å². The minimum absolute atomic E-state index is 0.147. The molecule has 1 N–H and O–H groups in total. The van der Waals surface area contributed by atoms with Crippen LogP contribution in [-0.2, 0) is 7.05 Å². The lowest BCUT2D eigenvalue weighted by atomic mass is 9.86. The predicted molar refractivity (Wildman–Crippen MR) is 128 cm³/mol. The zero-order chi connectivity index (χ0) is 21.0. The Morgan fingerprint density at radius 1 is 0.733 bits per heavy atom. The summed E-state index contributed by atoms with van der Waals surface area (Å²) in [5.74, 6) is 0.147. The van der Waals surface area contributed by atoms with E-state index >= 15 is 0 Å². The molecular weight excluding hydrogens is 364 g/mol. The third kappa shape index (κ3) is 2.79. The van der Waals surface area contributed by atoms with Crippen molar-refractivity contribution in [3.05, 3.63) is 106 Å². The van der Waals surface area contributed by atoms with Gasteiger partial charge >= 0.3 is 0 Å². The smallest absolute Gasteiger partial charge is 0.0649 e. The number of aryl methyl sites for hydroxylation is 5. The molecule has 0 radical (unpaired) electrons. The van der Waals surface area contributed by atoms with Gasteiger partial charge in [0.05, 0.1) is 5.92 Å². The fraction of sp³-hybridized carbons (Fsp3) is 0.214. The largest absolute Gasteiger partial charge is 0.357 e. The number of nitrogens with one attached hydrogen (secondary N) is 1. The van der Waals surface area contributed by atoms with Gasteiger partial charge in [-0.15, -0.1) is 0 Å². The van der Waals surface area contributed by atoms with Crippen molar-refractivity contribution in [2.24, 2.45) is 7.05 Å². The summed E-state index contributed by atoms with van der Waals surface area (Å²) in [4.78, 5) is 3.79. The molecule has 2 nitrogen and oxygen atoms in total. The van der Waals surface area contributed by atoms with Crippen LogP contribution in [0.1, 0.15) is 45.1 Å². The van der Waals surface area contributed by atoms with Crippen molar-refractivity contribution in [3.63, 3.8) is 0 Å². The molecule has 0 spiro atoms. The summed E-state index contributed by atoms with van der Waals surface area (Å²) in [5.41, 5.74) is 11.8. The monoisotopic (exact) mass is 392 g/mol. The van der Waals surface area contributed by atoms with Crippen LogP contribution in [0.5, 0.6) is 0 Å². The minimum Gasteiger partial charge on any atom is -0.357 e. The zero-order valence-corrected chi connectivity index (χ0v) is 18.4. The van der Waals surface area contributed by atoms with E-state index < -0.39 is 0 Å². The van der Waals surface area contributed by atoms with Crippen LogP contribution in [0.3, 0.4) is 0 Å². The number of aromatic nitrogens is 2. The summed E-state index contributed by atoms with van der Waals surface area (Å²) >= 11 is 0. The van der Waals surface area contributed by atoms with E-state index in [1.807, 2.05) is 0 Å². The van der Waals surface area contributed by atoms with E-state index in [2.05, 4.69) is 111 Å². The maximum Gasteiger partial charge on any atom is 0.0649 e. The highest BCUT2D eigenvalue weighted by atomic mass is 15.0. The number of benzene rings is 3. The van der Waals surface area contributed by atoms with Crippen LogP contribution < -0.4 is 0 Å². The Balaban J connectivity index is 1.87. The Morgan fingerprint density at radius 3 is 2.03 bits per heavy atom. The van der Waals surface area contributed by atoms with E-state index in [9.17, 15) is 0 Å².